The molecule has 1 aromatic rings. The lowest BCUT2D eigenvalue weighted by Gasteiger charge is -2.09. The van der Waals surface area contributed by atoms with E-state index in [1.165, 1.54) is 0 Å². The fraction of sp³-hybridized carbons (Fsp3) is 0.533. The molecular formula is C15H24O2S. The van der Waals surface area contributed by atoms with Crippen LogP contribution in [-0.4, -0.2) is 24.9 Å². The first-order valence-corrected chi connectivity index (χ1v) is 7.81. The average molecular weight is 268 g/mol. The van der Waals surface area contributed by atoms with Gasteiger partial charge in [-0.3, -0.25) is 4.79 Å². The Hall–Kier alpha value is -0.960. The zero-order valence-corrected chi connectivity index (χ0v) is 12.9. The molecule has 0 atom stereocenters. The van der Waals surface area contributed by atoms with Crippen molar-refractivity contribution < 1.29 is 9.53 Å². The van der Waals surface area contributed by atoms with Crippen molar-refractivity contribution in [1.82, 2.24) is 0 Å². The summed E-state index contributed by atoms with van der Waals surface area (Å²) in [6.07, 6.45) is 3.94. The van der Waals surface area contributed by atoms with Crippen molar-refractivity contribution in [3.8, 4) is 5.75 Å². The number of methoxy groups -OCH3 is 1. The van der Waals surface area contributed by atoms with Gasteiger partial charge in [-0.25, -0.2) is 0 Å². The van der Waals surface area contributed by atoms with E-state index >= 15 is 0 Å². The average Bonchev–Trinajstić information content (AvgIpc) is 2.41. The quantitative estimate of drug-likeness (QED) is 0.723. The highest BCUT2D eigenvalue weighted by Crippen LogP contribution is 2.22. The van der Waals surface area contributed by atoms with Gasteiger partial charge in [0.2, 0.25) is 0 Å². The van der Waals surface area contributed by atoms with Gasteiger partial charge < -0.3 is 4.74 Å². The minimum absolute atomic E-state index is 0.188. The number of Topliss-reactive ketones (excluding diaryl/α,β-unsaturated/α-hetero) is 1. The van der Waals surface area contributed by atoms with E-state index in [0.29, 0.717) is 5.75 Å². The first kappa shape index (κ1) is 17.0. The summed E-state index contributed by atoms with van der Waals surface area (Å²) < 4.78 is 5.28. The van der Waals surface area contributed by atoms with Crippen molar-refractivity contribution in [2.45, 2.75) is 33.6 Å². The lowest BCUT2D eigenvalue weighted by molar-refractivity contribution is 0.102. The predicted molar refractivity (Wildman–Crippen MR) is 81.0 cm³/mol. The number of hydrogen-bond donors (Lipinski definition) is 0. The molecule has 0 saturated carbocycles. The minimum atomic E-state index is 0.188. The van der Waals surface area contributed by atoms with Crippen LogP contribution in [0.4, 0.5) is 0 Å². The van der Waals surface area contributed by atoms with Crippen molar-refractivity contribution in [2.24, 2.45) is 0 Å². The van der Waals surface area contributed by atoms with Gasteiger partial charge in [0.1, 0.15) is 5.75 Å². The van der Waals surface area contributed by atoms with Gasteiger partial charge in [-0.2, -0.15) is 11.8 Å². The molecule has 18 heavy (non-hydrogen) atoms. The van der Waals surface area contributed by atoms with E-state index < -0.39 is 0 Å². The molecular weight excluding hydrogens is 244 g/mol. The number of thioether (sulfide) groups is 1. The number of aryl methyl sites for hydroxylation is 1. The van der Waals surface area contributed by atoms with Gasteiger partial charge in [0, 0.05) is 5.56 Å². The third-order valence-electron chi connectivity index (χ3n) is 2.40. The molecule has 0 fully saturated rings. The number of hydrogen-bond acceptors (Lipinski definition) is 3. The topological polar surface area (TPSA) is 26.3 Å². The van der Waals surface area contributed by atoms with E-state index in [-0.39, 0.29) is 5.78 Å². The summed E-state index contributed by atoms with van der Waals surface area (Å²) in [5, 5.41) is 0. The van der Waals surface area contributed by atoms with Crippen molar-refractivity contribution >= 4 is 17.5 Å². The van der Waals surface area contributed by atoms with Crippen LogP contribution in [0, 0.1) is 0 Å². The van der Waals surface area contributed by atoms with E-state index in [9.17, 15) is 4.79 Å². The Labute approximate surface area is 115 Å². The van der Waals surface area contributed by atoms with Gasteiger partial charge >= 0.3 is 0 Å². The summed E-state index contributed by atoms with van der Waals surface area (Å²) in [6.45, 7) is 6.12. The third-order valence-corrected chi connectivity index (χ3v) is 2.95. The van der Waals surface area contributed by atoms with Crippen LogP contribution in [0.5, 0.6) is 5.75 Å². The van der Waals surface area contributed by atoms with Crippen molar-refractivity contribution in [3.05, 3.63) is 29.3 Å². The van der Waals surface area contributed by atoms with Gasteiger partial charge in [-0.15, -0.1) is 0 Å². The largest absolute Gasteiger partial charge is 0.496 e. The summed E-state index contributed by atoms with van der Waals surface area (Å²) in [6, 6.07) is 5.69. The standard InChI is InChI=1S/C13H18O2S.C2H6/c1-4-5-11-8-10(12(14)9-16-3)6-7-13(11)15-2;1-2/h6-8H,4-5,9H2,1-3H3;1-2H3. The first-order chi connectivity index (χ1) is 8.72. The van der Waals surface area contributed by atoms with E-state index in [1.54, 1.807) is 18.9 Å². The number of ether oxygens (including phenoxy) is 1. The van der Waals surface area contributed by atoms with Crippen LogP contribution in [0.25, 0.3) is 0 Å². The maximum absolute atomic E-state index is 11.7. The molecule has 0 N–H and O–H groups in total. The zero-order chi connectivity index (χ0) is 14.0. The first-order valence-electron chi connectivity index (χ1n) is 6.42. The molecule has 2 nitrogen and oxygen atoms in total. The normalized spacial score (nSPS) is 9.39. The highest BCUT2D eigenvalue weighted by Gasteiger charge is 2.09. The predicted octanol–water partition coefficient (Wildman–Crippen LogP) is 4.22. The summed E-state index contributed by atoms with van der Waals surface area (Å²) in [4.78, 5) is 11.7. The Bertz CT molecular complexity index is 362. The summed E-state index contributed by atoms with van der Waals surface area (Å²) >= 11 is 1.55. The van der Waals surface area contributed by atoms with Crippen molar-refractivity contribution in [1.29, 1.82) is 0 Å². The van der Waals surface area contributed by atoms with Crippen LogP contribution in [0.2, 0.25) is 0 Å². The monoisotopic (exact) mass is 268 g/mol. The van der Waals surface area contributed by atoms with Crippen molar-refractivity contribution in [2.75, 3.05) is 19.1 Å². The van der Waals surface area contributed by atoms with Gasteiger partial charge in [0.25, 0.3) is 0 Å². The number of carbonyl (C=O) groups excluding carboxylic acids is 1. The van der Waals surface area contributed by atoms with Gasteiger partial charge in [-0.1, -0.05) is 27.2 Å². The lowest BCUT2D eigenvalue weighted by atomic mass is 10.0. The molecule has 0 unspecified atom stereocenters. The lowest BCUT2D eigenvalue weighted by Crippen LogP contribution is -2.03. The molecule has 0 amide bonds. The molecule has 0 aliphatic carbocycles. The number of carbonyl (C=O) groups is 1. The second-order valence-corrected chi connectivity index (χ2v) is 4.50. The number of rotatable bonds is 6. The van der Waals surface area contributed by atoms with E-state index in [1.807, 2.05) is 38.3 Å². The highest BCUT2D eigenvalue weighted by atomic mass is 32.2. The van der Waals surface area contributed by atoms with Crippen LogP contribution >= 0.6 is 11.8 Å². The third kappa shape index (κ3) is 5.13. The molecule has 1 aromatic carbocycles. The Balaban J connectivity index is 0.00000137. The van der Waals surface area contributed by atoms with Gasteiger partial charge in [0.15, 0.2) is 5.78 Å². The van der Waals surface area contributed by atoms with Crippen molar-refractivity contribution in [3.63, 3.8) is 0 Å². The second kappa shape index (κ2) is 10.0. The van der Waals surface area contributed by atoms with Crippen LogP contribution in [-0.2, 0) is 6.42 Å². The van der Waals surface area contributed by atoms with Gasteiger partial charge in [0.05, 0.1) is 12.9 Å². The molecule has 0 bridgehead atoms. The van der Waals surface area contributed by atoms with Crippen LogP contribution in [0.15, 0.2) is 18.2 Å². The highest BCUT2D eigenvalue weighted by molar-refractivity contribution is 7.99. The number of ketones is 1. The maximum Gasteiger partial charge on any atom is 0.172 e. The Morgan fingerprint density at radius 2 is 2.00 bits per heavy atom. The summed E-state index contributed by atoms with van der Waals surface area (Å²) in [7, 11) is 1.66. The van der Waals surface area contributed by atoms with E-state index in [2.05, 4.69) is 6.92 Å². The molecule has 102 valence electrons. The maximum atomic E-state index is 11.7. The Morgan fingerprint density at radius 1 is 1.33 bits per heavy atom. The fourth-order valence-electron chi connectivity index (χ4n) is 1.63. The SMILES string of the molecule is CC.CCCc1cc(C(=O)CSC)ccc1OC. The summed E-state index contributed by atoms with van der Waals surface area (Å²) in [5.41, 5.74) is 1.91. The van der Waals surface area contributed by atoms with Gasteiger partial charge in [-0.05, 0) is 36.4 Å². The Morgan fingerprint density at radius 3 is 2.50 bits per heavy atom. The van der Waals surface area contributed by atoms with E-state index in [4.69, 9.17) is 4.74 Å². The van der Waals surface area contributed by atoms with Crippen LogP contribution in [0.3, 0.4) is 0 Å². The molecule has 0 saturated heterocycles. The molecule has 0 aromatic heterocycles. The van der Waals surface area contributed by atoms with Crippen LogP contribution < -0.4 is 4.74 Å². The second-order valence-electron chi connectivity index (χ2n) is 3.63. The molecule has 0 radical (unpaired) electrons. The zero-order valence-electron chi connectivity index (χ0n) is 12.1. The molecule has 0 spiro atoms. The molecule has 0 heterocycles. The van der Waals surface area contributed by atoms with E-state index in [0.717, 1.165) is 29.7 Å². The summed E-state index contributed by atoms with van der Waals surface area (Å²) in [5.74, 6) is 1.60. The Kier molecular flexibility index (Phi) is 9.47. The molecule has 0 aliphatic rings. The molecule has 0 aliphatic heterocycles. The fourth-order valence-corrected chi connectivity index (χ4v) is 2.06. The van der Waals surface area contributed by atoms with Crippen LogP contribution in [0.1, 0.15) is 43.1 Å². The molecule has 3 heteroatoms. The molecule has 1 rings (SSSR count). The number of benzene rings is 1. The smallest absolute Gasteiger partial charge is 0.172 e. The minimum Gasteiger partial charge on any atom is -0.496 e.